The van der Waals surface area contributed by atoms with Crippen LogP contribution in [0.15, 0.2) is 29.3 Å². The number of hydrogen-bond acceptors (Lipinski definition) is 1. The van der Waals surface area contributed by atoms with Gasteiger partial charge in [-0.25, -0.2) is 0 Å². The van der Waals surface area contributed by atoms with Crippen molar-refractivity contribution in [3.05, 3.63) is 35.4 Å². The molecule has 0 fully saturated rings. The van der Waals surface area contributed by atoms with Crippen LogP contribution in [0.1, 0.15) is 43.7 Å². The largest absolute Gasteiger partial charge is 0.356 e. The minimum Gasteiger partial charge on any atom is -0.356 e. The Morgan fingerprint density at radius 3 is 2.67 bits per heavy atom. The van der Waals surface area contributed by atoms with Gasteiger partial charge in [0.25, 0.3) is 0 Å². The Kier molecular flexibility index (Phi) is 10.5. The number of guanidine groups is 1. The zero-order chi connectivity index (χ0) is 15.0. The van der Waals surface area contributed by atoms with E-state index in [0.29, 0.717) is 5.92 Å². The van der Waals surface area contributed by atoms with Crippen LogP contribution in [-0.4, -0.2) is 38.0 Å². The number of nitrogens with one attached hydrogen (secondary N) is 1. The molecule has 4 heteroatoms. The lowest BCUT2D eigenvalue weighted by Crippen LogP contribution is -2.40. The Balaban J connectivity index is 0.00000400. The van der Waals surface area contributed by atoms with Crippen LogP contribution < -0.4 is 5.32 Å². The maximum atomic E-state index is 4.36. The molecule has 3 nitrogen and oxygen atoms in total. The van der Waals surface area contributed by atoms with Crippen molar-refractivity contribution < 1.29 is 0 Å². The highest BCUT2D eigenvalue weighted by Gasteiger charge is 2.09. The number of aryl methyl sites for hydroxylation is 1. The molecule has 0 radical (unpaired) electrons. The summed E-state index contributed by atoms with van der Waals surface area (Å²) in [4.78, 5) is 6.56. The fourth-order valence-electron chi connectivity index (χ4n) is 2.22. The van der Waals surface area contributed by atoms with E-state index in [-0.39, 0.29) is 24.0 Å². The van der Waals surface area contributed by atoms with Crippen LogP contribution in [0.3, 0.4) is 0 Å². The number of rotatable bonds is 6. The molecule has 1 aromatic rings. The lowest BCUT2D eigenvalue weighted by atomic mass is 9.99. The van der Waals surface area contributed by atoms with Gasteiger partial charge in [-0.05, 0) is 24.8 Å². The van der Waals surface area contributed by atoms with E-state index in [1.165, 1.54) is 24.0 Å². The second kappa shape index (κ2) is 10.9. The molecule has 1 unspecified atom stereocenters. The first-order valence-corrected chi connectivity index (χ1v) is 7.56. The van der Waals surface area contributed by atoms with Gasteiger partial charge in [-0.2, -0.15) is 0 Å². The fraction of sp³-hybridized carbons (Fsp3) is 0.588. The smallest absolute Gasteiger partial charge is 0.193 e. The molecule has 1 N–H and O–H groups in total. The van der Waals surface area contributed by atoms with E-state index in [4.69, 9.17) is 0 Å². The Bertz CT molecular complexity index is 432. The monoisotopic (exact) mass is 403 g/mol. The molecule has 1 rings (SSSR count). The standard InChI is InChI=1S/C17H29N3.HI/c1-6-7-11-20(5)17(18-4)19-13-15(3)16-10-8-9-14(2)12-16;/h8-10,12,15H,6-7,11,13H2,1-5H3,(H,18,19);1H. The summed E-state index contributed by atoms with van der Waals surface area (Å²) < 4.78 is 0. The molecule has 0 spiro atoms. The highest BCUT2D eigenvalue weighted by Crippen LogP contribution is 2.15. The molecule has 120 valence electrons. The first-order chi connectivity index (χ1) is 9.58. The van der Waals surface area contributed by atoms with E-state index in [9.17, 15) is 0 Å². The maximum Gasteiger partial charge on any atom is 0.193 e. The Labute approximate surface area is 147 Å². The van der Waals surface area contributed by atoms with Crippen molar-refractivity contribution in [3.63, 3.8) is 0 Å². The first kappa shape index (κ1) is 20.2. The van der Waals surface area contributed by atoms with Crippen molar-refractivity contribution >= 4 is 29.9 Å². The lowest BCUT2D eigenvalue weighted by Gasteiger charge is -2.23. The molecule has 0 heterocycles. The predicted octanol–water partition coefficient (Wildman–Crippen LogP) is 4.02. The summed E-state index contributed by atoms with van der Waals surface area (Å²) in [6.07, 6.45) is 2.41. The summed E-state index contributed by atoms with van der Waals surface area (Å²) in [5.74, 6) is 1.46. The molecular formula is C17H30IN3. The second-order valence-corrected chi connectivity index (χ2v) is 5.52. The van der Waals surface area contributed by atoms with E-state index in [2.05, 4.69) is 67.3 Å². The van der Waals surface area contributed by atoms with Gasteiger partial charge in [0.1, 0.15) is 0 Å². The van der Waals surface area contributed by atoms with Gasteiger partial charge in [0, 0.05) is 27.2 Å². The van der Waals surface area contributed by atoms with Gasteiger partial charge in [0.2, 0.25) is 0 Å². The SMILES string of the molecule is CCCCN(C)C(=NC)NCC(C)c1cccc(C)c1.I. The fourth-order valence-corrected chi connectivity index (χ4v) is 2.22. The van der Waals surface area contributed by atoms with E-state index in [1.807, 2.05) is 7.05 Å². The van der Waals surface area contributed by atoms with Gasteiger partial charge in [0.15, 0.2) is 5.96 Å². The third kappa shape index (κ3) is 7.16. The molecule has 0 saturated carbocycles. The van der Waals surface area contributed by atoms with Crippen LogP contribution in [0.4, 0.5) is 0 Å². The molecule has 1 aromatic carbocycles. The highest BCUT2D eigenvalue weighted by molar-refractivity contribution is 14.0. The van der Waals surface area contributed by atoms with E-state index in [0.717, 1.165) is 19.0 Å². The Hall–Kier alpha value is -0.780. The first-order valence-electron chi connectivity index (χ1n) is 7.56. The normalized spacial score (nSPS) is 12.5. The van der Waals surface area contributed by atoms with Crippen molar-refractivity contribution in [1.82, 2.24) is 10.2 Å². The summed E-state index contributed by atoms with van der Waals surface area (Å²) in [5, 5.41) is 3.47. The molecule has 0 aliphatic carbocycles. The van der Waals surface area contributed by atoms with Crippen LogP contribution >= 0.6 is 24.0 Å². The minimum absolute atomic E-state index is 0. The van der Waals surface area contributed by atoms with Crippen molar-refractivity contribution in [2.45, 2.75) is 39.5 Å². The number of nitrogens with zero attached hydrogens (tertiary/aromatic N) is 2. The highest BCUT2D eigenvalue weighted by atomic mass is 127. The summed E-state index contributed by atoms with van der Waals surface area (Å²) in [6.45, 7) is 8.56. The molecule has 0 aromatic heterocycles. The third-order valence-electron chi connectivity index (χ3n) is 3.60. The quantitative estimate of drug-likeness (QED) is 0.441. The van der Waals surface area contributed by atoms with Gasteiger partial charge in [-0.15, -0.1) is 24.0 Å². The summed E-state index contributed by atoms with van der Waals surface area (Å²) in [7, 11) is 3.95. The maximum absolute atomic E-state index is 4.36. The molecule has 0 aliphatic heterocycles. The molecule has 21 heavy (non-hydrogen) atoms. The summed E-state index contributed by atoms with van der Waals surface area (Å²) >= 11 is 0. The zero-order valence-corrected chi connectivity index (χ0v) is 16.3. The Morgan fingerprint density at radius 2 is 2.10 bits per heavy atom. The minimum atomic E-state index is 0. The lowest BCUT2D eigenvalue weighted by molar-refractivity contribution is 0.462. The third-order valence-corrected chi connectivity index (χ3v) is 3.60. The average molecular weight is 403 g/mol. The van der Waals surface area contributed by atoms with Gasteiger partial charge < -0.3 is 10.2 Å². The molecule has 0 saturated heterocycles. The van der Waals surface area contributed by atoms with Crippen molar-refractivity contribution in [2.24, 2.45) is 4.99 Å². The van der Waals surface area contributed by atoms with Crippen LogP contribution in [0, 0.1) is 6.92 Å². The zero-order valence-electron chi connectivity index (χ0n) is 14.0. The Morgan fingerprint density at radius 1 is 1.38 bits per heavy atom. The van der Waals surface area contributed by atoms with Crippen LogP contribution in [0.25, 0.3) is 0 Å². The predicted molar refractivity (Wildman–Crippen MR) is 104 cm³/mol. The van der Waals surface area contributed by atoms with Crippen LogP contribution in [0.5, 0.6) is 0 Å². The van der Waals surface area contributed by atoms with Gasteiger partial charge in [0.05, 0.1) is 0 Å². The van der Waals surface area contributed by atoms with Crippen molar-refractivity contribution in [3.8, 4) is 0 Å². The number of benzene rings is 1. The van der Waals surface area contributed by atoms with Gasteiger partial charge in [-0.3, -0.25) is 4.99 Å². The molecular weight excluding hydrogens is 373 g/mol. The molecule has 0 amide bonds. The molecule has 0 bridgehead atoms. The number of hydrogen-bond donors (Lipinski definition) is 1. The van der Waals surface area contributed by atoms with E-state index >= 15 is 0 Å². The average Bonchev–Trinajstić information content (AvgIpc) is 2.45. The summed E-state index contributed by atoms with van der Waals surface area (Å²) in [6, 6.07) is 8.73. The molecule has 0 aliphatic rings. The second-order valence-electron chi connectivity index (χ2n) is 5.52. The van der Waals surface area contributed by atoms with Crippen molar-refractivity contribution in [2.75, 3.05) is 27.2 Å². The van der Waals surface area contributed by atoms with E-state index in [1.54, 1.807) is 0 Å². The summed E-state index contributed by atoms with van der Waals surface area (Å²) in [5.41, 5.74) is 2.70. The van der Waals surface area contributed by atoms with Crippen LogP contribution in [-0.2, 0) is 0 Å². The molecule has 1 atom stereocenters. The van der Waals surface area contributed by atoms with Crippen LogP contribution in [0.2, 0.25) is 0 Å². The number of halogens is 1. The van der Waals surface area contributed by atoms with Gasteiger partial charge >= 0.3 is 0 Å². The number of unbranched alkanes of at least 4 members (excludes halogenated alkanes) is 1. The van der Waals surface area contributed by atoms with Crippen molar-refractivity contribution in [1.29, 1.82) is 0 Å². The van der Waals surface area contributed by atoms with E-state index < -0.39 is 0 Å². The van der Waals surface area contributed by atoms with Gasteiger partial charge in [-0.1, -0.05) is 50.1 Å². The topological polar surface area (TPSA) is 27.6 Å². The number of aliphatic imine (C=N–C) groups is 1.